The lowest BCUT2D eigenvalue weighted by Crippen LogP contribution is -2.04. The molecule has 0 saturated heterocycles. The number of nitrogens with one attached hydrogen (secondary N) is 1. The molecule has 0 bridgehead atoms. The number of aromatic nitrogens is 3. The Bertz CT molecular complexity index is 802. The minimum Gasteiger partial charge on any atom is -0.253 e. The van der Waals surface area contributed by atoms with E-state index in [1.807, 2.05) is 35.5 Å². The Kier molecular flexibility index (Phi) is 4.02. The lowest BCUT2D eigenvalue weighted by molar-refractivity contribution is 0.870. The maximum Gasteiger partial charge on any atom is 0.203 e. The number of rotatable bonds is 4. The summed E-state index contributed by atoms with van der Waals surface area (Å²) < 4.78 is 1.86. The molecule has 0 atom stereocenters. The van der Waals surface area contributed by atoms with E-state index < -0.39 is 0 Å². The molecule has 0 radical (unpaired) electrons. The van der Waals surface area contributed by atoms with Crippen LogP contribution in [0.15, 0.2) is 41.1 Å². The second-order valence-electron chi connectivity index (χ2n) is 5.13. The lowest BCUT2D eigenvalue weighted by Gasteiger charge is -2.11. The second kappa shape index (κ2) is 6.11. The van der Waals surface area contributed by atoms with E-state index >= 15 is 0 Å². The fourth-order valence-corrected chi connectivity index (χ4v) is 3.00. The van der Waals surface area contributed by atoms with E-state index in [0.717, 1.165) is 27.6 Å². The van der Waals surface area contributed by atoms with Gasteiger partial charge in [-0.25, -0.2) is 9.67 Å². The molecule has 1 N–H and O–H groups in total. The predicted molar refractivity (Wildman–Crippen MR) is 91.1 cm³/mol. The average Bonchev–Trinajstić information content (AvgIpc) is 3.10. The number of nitrogens with zero attached hydrogens (tertiary/aromatic N) is 4. The van der Waals surface area contributed by atoms with Gasteiger partial charge in [0.05, 0.1) is 17.6 Å². The molecular formula is C16H17N5S. The first-order valence-corrected chi connectivity index (χ1v) is 7.84. The number of thiazole rings is 1. The van der Waals surface area contributed by atoms with Gasteiger partial charge in [-0.05, 0) is 38.5 Å². The summed E-state index contributed by atoms with van der Waals surface area (Å²) in [6.45, 7) is 6.12. The summed E-state index contributed by atoms with van der Waals surface area (Å²) >= 11 is 1.54. The van der Waals surface area contributed by atoms with Gasteiger partial charge in [0, 0.05) is 23.3 Å². The first-order valence-electron chi connectivity index (χ1n) is 6.96. The number of anilines is 1. The Labute approximate surface area is 133 Å². The third kappa shape index (κ3) is 3.07. The summed E-state index contributed by atoms with van der Waals surface area (Å²) in [6, 6.07) is 6.16. The van der Waals surface area contributed by atoms with Crippen molar-refractivity contribution < 1.29 is 0 Å². The summed E-state index contributed by atoms with van der Waals surface area (Å²) in [5, 5.41) is 11.4. The normalized spacial score (nSPS) is 11.2. The third-order valence-electron chi connectivity index (χ3n) is 3.19. The van der Waals surface area contributed by atoms with E-state index in [0.29, 0.717) is 0 Å². The SMILES string of the molecule is Cc1cc(C)c(-n2cccn2)c(C=NNc2nc(C)cs2)c1. The smallest absolute Gasteiger partial charge is 0.203 e. The van der Waals surface area contributed by atoms with Gasteiger partial charge in [0.2, 0.25) is 5.13 Å². The van der Waals surface area contributed by atoms with Crippen molar-refractivity contribution in [3.63, 3.8) is 0 Å². The Hall–Kier alpha value is -2.47. The molecule has 112 valence electrons. The van der Waals surface area contributed by atoms with Crippen LogP contribution in [0.1, 0.15) is 22.4 Å². The van der Waals surface area contributed by atoms with Crippen molar-refractivity contribution in [1.82, 2.24) is 14.8 Å². The second-order valence-corrected chi connectivity index (χ2v) is 5.99. The highest BCUT2D eigenvalue weighted by Gasteiger charge is 2.08. The van der Waals surface area contributed by atoms with Gasteiger partial charge >= 0.3 is 0 Å². The van der Waals surface area contributed by atoms with Crippen molar-refractivity contribution in [1.29, 1.82) is 0 Å². The van der Waals surface area contributed by atoms with Crippen molar-refractivity contribution in [2.75, 3.05) is 5.43 Å². The van der Waals surface area contributed by atoms with Gasteiger partial charge in [-0.15, -0.1) is 11.3 Å². The first kappa shape index (κ1) is 14.5. The van der Waals surface area contributed by atoms with Crippen molar-refractivity contribution >= 4 is 22.7 Å². The molecule has 22 heavy (non-hydrogen) atoms. The van der Waals surface area contributed by atoms with Crippen LogP contribution in [0.3, 0.4) is 0 Å². The van der Waals surface area contributed by atoms with Gasteiger partial charge in [-0.1, -0.05) is 11.6 Å². The third-order valence-corrected chi connectivity index (χ3v) is 4.06. The quantitative estimate of drug-likeness (QED) is 0.590. The number of benzene rings is 1. The summed E-state index contributed by atoms with van der Waals surface area (Å²) in [7, 11) is 0. The fourth-order valence-electron chi connectivity index (χ4n) is 2.37. The van der Waals surface area contributed by atoms with Crippen molar-refractivity contribution in [3.05, 3.63) is 58.4 Å². The zero-order valence-electron chi connectivity index (χ0n) is 12.7. The Morgan fingerprint density at radius 3 is 2.82 bits per heavy atom. The van der Waals surface area contributed by atoms with Crippen LogP contribution < -0.4 is 5.43 Å². The zero-order valence-corrected chi connectivity index (χ0v) is 13.6. The van der Waals surface area contributed by atoms with Crippen LogP contribution >= 0.6 is 11.3 Å². The molecule has 0 aliphatic carbocycles. The largest absolute Gasteiger partial charge is 0.253 e. The molecule has 0 aliphatic rings. The molecule has 6 heteroatoms. The van der Waals surface area contributed by atoms with E-state index in [-0.39, 0.29) is 0 Å². The summed E-state index contributed by atoms with van der Waals surface area (Å²) in [4.78, 5) is 4.33. The highest BCUT2D eigenvalue weighted by Crippen LogP contribution is 2.20. The molecule has 0 fully saturated rings. The number of aryl methyl sites for hydroxylation is 3. The molecule has 2 aromatic heterocycles. The standard InChI is InChI=1S/C16H17N5S/c1-11-7-12(2)15(21-6-4-5-18-21)14(8-11)9-17-20-16-19-13(3)10-22-16/h4-10H,1-3H3,(H,19,20). The maximum atomic E-state index is 4.33. The number of hydrogen-bond donors (Lipinski definition) is 1. The topological polar surface area (TPSA) is 55.1 Å². The maximum absolute atomic E-state index is 4.33. The van der Waals surface area contributed by atoms with Crippen LogP contribution in [-0.4, -0.2) is 21.0 Å². The molecule has 1 aromatic carbocycles. The van der Waals surface area contributed by atoms with Gasteiger partial charge in [-0.2, -0.15) is 10.2 Å². The Morgan fingerprint density at radius 2 is 2.14 bits per heavy atom. The van der Waals surface area contributed by atoms with Gasteiger partial charge in [0.25, 0.3) is 0 Å². The summed E-state index contributed by atoms with van der Waals surface area (Å²) in [5.41, 5.74) is 8.38. The van der Waals surface area contributed by atoms with E-state index in [2.05, 4.69) is 46.6 Å². The molecule has 5 nitrogen and oxygen atoms in total. The van der Waals surface area contributed by atoms with E-state index in [4.69, 9.17) is 0 Å². The van der Waals surface area contributed by atoms with Crippen molar-refractivity contribution in [2.24, 2.45) is 5.10 Å². The van der Waals surface area contributed by atoms with Gasteiger partial charge < -0.3 is 0 Å². The number of hydrogen-bond acceptors (Lipinski definition) is 5. The minimum absolute atomic E-state index is 0.791. The number of hydrazone groups is 1. The summed E-state index contributed by atoms with van der Waals surface area (Å²) in [6.07, 6.45) is 5.52. The Balaban J connectivity index is 1.92. The molecule has 0 unspecified atom stereocenters. The van der Waals surface area contributed by atoms with Gasteiger partial charge in [0.1, 0.15) is 0 Å². The van der Waals surface area contributed by atoms with Crippen LogP contribution in [0.25, 0.3) is 5.69 Å². The predicted octanol–water partition coefficient (Wildman–Crippen LogP) is 3.70. The highest BCUT2D eigenvalue weighted by atomic mass is 32.1. The van der Waals surface area contributed by atoms with E-state index in [1.165, 1.54) is 16.9 Å². The highest BCUT2D eigenvalue weighted by molar-refractivity contribution is 7.13. The molecule has 0 amide bonds. The van der Waals surface area contributed by atoms with Crippen LogP contribution in [0.5, 0.6) is 0 Å². The van der Waals surface area contributed by atoms with Gasteiger partial charge in [0.15, 0.2) is 0 Å². The monoisotopic (exact) mass is 311 g/mol. The molecule has 2 heterocycles. The van der Waals surface area contributed by atoms with Crippen molar-refractivity contribution in [3.8, 4) is 5.69 Å². The minimum atomic E-state index is 0.791. The molecule has 3 aromatic rings. The molecule has 0 aliphatic heterocycles. The lowest BCUT2D eigenvalue weighted by atomic mass is 10.0. The fraction of sp³-hybridized carbons (Fsp3) is 0.188. The molecule has 0 spiro atoms. The van der Waals surface area contributed by atoms with Crippen LogP contribution in [0.2, 0.25) is 0 Å². The van der Waals surface area contributed by atoms with E-state index in [9.17, 15) is 0 Å². The molecular weight excluding hydrogens is 294 g/mol. The molecule has 0 saturated carbocycles. The summed E-state index contributed by atoms with van der Waals surface area (Å²) in [5.74, 6) is 0. The van der Waals surface area contributed by atoms with Crippen LogP contribution in [-0.2, 0) is 0 Å². The zero-order chi connectivity index (χ0) is 15.5. The first-order chi connectivity index (χ1) is 10.6. The van der Waals surface area contributed by atoms with Gasteiger partial charge in [-0.3, -0.25) is 5.43 Å². The van der Waals surface area contributed by atoms with Crippen molar-refractivity contribution in [2.45, 2.75) is 20.8 Å². The average molecular weight is 311 g/mol. The molecule has 3 rings (SSSR count). The van der Waals surface area contributed by atoms with E-state index in [1.54, 1.807) is 6.20 Å². The van der Waals surface area contributed by atoms with Crippen LogP contribution in [0, 0.1) is 20.8 Å². The van der Waals surface area contributed by atoms with Crippen LogP contribution in [0.4, 0.5) is 5.13 Å². The Morgan fingerprint density at radius 1 is 1.27 bits per heavy atom.